The fourth-order valence-electron chi connectivity index (χ4n) is 0.282. The molecule has 1 heterocycles. The van der Waals surface area contributed by atoms with E-state index in [9.17, 15) is 9.13 Å². The summed E-state index contributed by atoms with van der Waals surface area (Å²) in [7, 11) is -4.71. The highest BCUT2D eigenvalue weighted by Crippen LogP contribution is 2.45. The molecule has 0 aromatic carbocycles. The zero-order valence-corrected chi connectivity index (χ0v) is 5.88. The van der Waals surface area contributed by atoms with Gasteiger partial charge in [0.25, 0.3) is 0 Å². The SMILES string of the molecule is NC1O[P+](=O)O[P+](=O)O1. The zero-order chi connectivity index (χ0) is 6.85. The van der Waals surface area contributed by atoms with Gasteiger partial charge in [-0.2, -0.15) is 0 Å². The molecule has 8 heteroatoms. The molecule has 0 aromatic rings. The standard InChI is InChI=1S/CH3NO5P2/c2-1-5-8(3)7-9(4)6-1/h1H,2H2/q+2. The summed E-state index contributed by atoms with van der Waals surface area (Å²) >= 11 is 0. The highest BCUT2D eigenvalue weighted by Gasteiger charge is 2.50. The van der Waals surface area contributed by atoms with E-state index in [-0.39, 0.29) is 0 Å². The lowest BCUT2D eigenvalue weighted by Gasteiger charge is -1.94. The van der Waals surface area contributed by atoms with Gasteiger partial charge in [0.2, 0.25) is 0 Å². The Morgan fingerprint density at radius 2 is 1.67 bits per heavy atom. The third-order valence-corrected chi connectivity index (χ3v) is 2.34. The summed E-state index contributed by atoms with van der Waals surface area (Å²) in [6, 6.07) is 0. The highest BCUT2D eigenvalue weighted by atomic mass is 31.2. The predicted molar refractivity (Wildman–Crippen MR) is 26.4 cm³/mol. The van der Waals surface area contributed by atoms with E-state index in [4.69, 9.17) is 5.73 Å². The van der Waals surface area contributed by atoms with Crippen molar-refractivity contribution in [1.29, 1.82) is 0 Å². The first-order chi connectivity index (χ1) is 4.18. The minimum Gasteiger partial charge on any atom is -0.275 e. The minimum atomic E-state index is -2.35. The van der Waals surface area contributed by atoms with Crippen molar-refractivity contribution < 1.29 is 22.5 Å². The molecule has 1 aliphatic heterocycles. The quantitative estimate of drug-likeness (QED) is 0.537. The maximum atomic E-state index is 10.2. The van der Waals surface area contributed by atoms with Crippen LogP contribution in [0.5, 0.6) is 0 Å². The number of rotatable bonds is 0. The summed E-state index contributed by atoms with van der Waals surface area (Å²) in [6.45, 7) is 0. The van der Waals surface area contributed by atoms with Crippen LogP contribution in [-0.4, -0.2) is 6.41 Å². The second-order valence-electron chi connectivity index (χ2n) is 1.11. The molecule has 1 rings (SSSR count). The number of nitrogens with two attached hydrogens (primary N) is 1. The van der Waals surface area contributed by atoms with E-state index in [2.05, 4.69) is 13.4 Å². The molecule has 9 heavy (non-hydrogen) atoms. The van der Waals surface area contributed by atoms with Gasteiger partial charge in [0.05, 0.1) is 0 Å². The van der Waals surface area contributed by atoms with Crippen molar-refractivity contribution in [2.75, 3.05) is 0 Å². The molecule has 0 radical (unpaired) electrons. The molecule has 50 valence electrons. The lowest BCUT2D eigenvalue weighted by atomic mass is 11.2. The molecule has 1 saturated heterocycles. The van der Waals surface area contributed by atoms with Gasteiger partial charge in [-0.1, -0.05) is 9.05 Å². The molecule has 0 saturated carbocycles. The van der Waals surface area contributed by atoms with Gasteiger partial charge in [0, 0.05) is 9.13 Å². The summed E-state index contributed by atoms with van der Waals surface area (Å²) in [5.41, 5.74) is 4.92. The van der Waals surface area contributed by atoms with Crippen LogP contribution in [0.4, 0.5) is 0 Å². The first kappa shape index (κ1) is 7.15. The van der Waals surface area contributed by atoms with Crippen LogP contribution < -0.4 is 5.73 Å². The smallest absolute Gasteiger partial charge is 0.275 e. The summed E-state index contributed by atoms with van der Waals surface area (Å²) in [4.78, 5) is 0. The Kier molecular flexibility index (Phi) is 2.18. The highest BCUT2D eigenvalue weighted by molar-refractivity contribution is 7.48. The van der Waals surface area contributed by atoms with E-state index < -0.39 is 22.9 Å². The fourth-order valence-corrected chi connectivity index (χ4v) is 1.52. The molecular weight excluding hydrogens is 168 g/mol. The number of hydrogen-bond acceptors (Lipinski definition) is 6. The Balaban J connectivity index is 2.53. The second-order valence-corrected chi connectivity index (χ2v) is 3.08. The zero-order valence-electron chi connectivity index (χ0n) is 4.09. The molecule has 0 aromatic heterocycles. The lowest BCUT2D eigenvalue weighted by molar-refractivity contribution is -0.00952. The lowest BCUT2D eigenvalue weighted by Crippen LogP contribution is -2.24. The van der Waals surface area contributed by atoms with Crippen LogP contribution in [-0.2, 0) is 22.5 Å². The van der Waals surface area contributed by atoms with Crippen LogP contribution >= 0.6 is 16.5 Å². The van der Waals surface area contributed by atoms with Crippen molar-refractivity contribution >= 4 is 16.5 Å². The molecular formula is CH3NO5P2+2. The molecule has 2 N–H and O–H groups in total. The van der Waals surface area contributed by atoms with E-state index in [1.807, 2.05) is 0 Å². The van der Waals surface area contributed by atoms with Gasteiger partial charge in [-0.25, -0.2) is 0 Å². The van der Waals surface area contributed by atoms with Gasteiger partial charge >= 0.3 is 22.9 Å². The largest absolute Gasteiger partial charge is 0.752 e. The fraction of sp³-hybridized carbons (Fsp3) is 1.00. The third-order valence-electron chi connectivity index (χ3n) is 0.513. The molecule has 2 unspecified atom stereocenters. The van der Waals surface area contributed by atoms with Gasteiger partial charge < -0.3 is 0 Å². The van der Waals surface area contributed by atoms with Crippen molar-refractivity contribution in [3.63, 3.8) is 0 Å². The maximum absolute atomic E-state index is 10.2. The van der Waals surface area contributed by atoms with Gasteiger partial charge in [0.1, 0.15) is 0 Å². The Morgan fingerprint density at radius 1 is 1.22 bits per heavy atom. The average molecular weight is 171 g/mol. The van der Waals surface area contributed by atoms with Crippen LogP contribution in [0.15, 0.2) is 0 Å². The van der Waals surface area contributed by atoms with E-state index in [0.29, 0.717) is 0 Å². The molecule has 0 bridgehead atoms. The Labute approximate surface area is 52.2 Å². The number of hydrogen-bond donors (Lipinski definition) is 1. The monoisotopic (exact) mass is 171 g/mol. The molecule has 0 spiro atoms. The molecule has 1 aliphatic rings. The van der Waals surface area contributed by atoms with E-state index in [1.54, 1.807) is 0 Å². The van der Waals surface area contributed by atoms with E-state index in [0.717, 1.165) is 0 Å². The molecule has 2 atom stereocenters. The van der Waals surface area contributed by atoms with Gasteiger partial charge in [-0.15, -0.1) is 0 Å². The van der Waals surface area contributed by atoms with Crippen molar-refractivity contribution in [3.8, 4) is 0 Å². The summed E-state index contributed by atoms with van der Waals surface area (Å²) in [5.74, 6) is 0. The van der Waals surface area contributed by atoms with Crippen molar-refractivity contribution in [1.82, 2.24) is 0 Å². The van der Waals surface area contributed by atoms with Crippen LogP contribution in [0.1, 0.15) is 0 Å². The van der Waals surface area contributed by atoms with Crippen molar-refractivity contribution in [2.45, 2.75) is 6.41 Å². The average Bonchev–Trinajstić information content (AvgIpc) is 1.59. The summed E-state index contributed by atoms with van der Waals surface area (Å²) in [5, 5.41) is 0. The first-order valence-electron chi connectivity index (χ1n) is 1.90. The molecule has 0 amide bonds. The normalized spacial score (nSPS) is 36.8. The first-order valence-corrected chi connectivity index (χ1v) is 4.09. The second kappa shape index (κ2) is 2.75. The van der Waals surface area contributed by atoms with E-state index >= 15 is 0 Å². The van der Waals surface area contributed by atoms with Crippen LogP contribution in [0.25, 0.3) is 0 Å². The summed E-state index contributed by atoms with van der Waals surface area (Å²) in [6.07, 6.45) is -1.20. The van der Waals surface area contributed by atoms with Crippen LogP contribution in [0.2, 0.25) is 0 Å². The van der Waals surface area contributed by atoms with Crippen molar-refractivity contribution in [2.24, 2.45) is 5.73 Å². The van der Waals surface area contributed by atoms with Crippen LogP contribution in [0.3, 0.4) is 0 Å². The summed E-state index contributed by atoms with van der Waals surface area (Å²) < 4.78 is 33.0. The Hall–Kier alpha value is 0.0400. The maximum Gasteiger partial charge on any atom is 0.752 e. The van der Waals surface area contributed by atoms with E-state index in [1.165, 1.54) is 0 Å². The minimum absolute atomic E-state index is 1.20. The van der Waals surface area contributed by atoms with Gasteiger partial charge in [-0.05, 0) is 0 Å². The van der Waals surface area contributed by atoms with Gasteiger partial charge in [0.15, 0.2) is 4.31 Å². The molecule has 1 fully saturated rings. The van der Waals surface area contributed by atoms with Crippen molar-refractivity contribution in [3.05, 3.63) is 0 Å². The molecule has 0 aliphatic carbocycles. The van der Waals surface area contributed by atoms with Gasteiger partial charge in [-0.3, -0.25) is 5.73 Å². The topological polar surface area (TPSA) is 87.9 Å². The Morgan fingerprint density at radius 3 is 2.00 bits per heavy atom. The third kappa shape index (κ3) is 2.02. The molecule has 6 nitrogen and oxygen atoms in total. The predicted octanol–water partition coefficient (Wildman–Crippen LogP) is 0.607. The van der Waals surface area contributed by atoms with Crippen LogP contribution in [0, 0.1) is 0 Å². The Bertz CT molecular complexity index is 141.